The predicted octanol–water partition coefficient (Wildman–Crippen LogP) is 6.89. The number of anilines is 1. The Morgan fingerprint density at radius 2 is 1.57 bits per heavy atom. The molecule has 3 aromatic carbocycles. The fraction of sp³-hybridized carbons (Fsp3) is 0.321. The smallest absolute Gasteiger partial charge is 0.251 e. The number of carbonyl (C=O) groups excluding carboxylic acids is 1. The van der Waals surface area contributed by atoms with Gasteiger partial charge in [-0.2, -0.15) is 0 Å². The number of hydrogen-bond donors (Lipinski definition) is 1. The molecule has 0 radical (unpaired) electrons. The van der Waals surface area contributed by atoms with Crippen molar-refractivity contribution >= 4 is 44.8 Å². The zero-order chi connectivity index (χ0) is 27.5. The van der Waals surface area contributed by atoms with Gasteiger partial charge in [0.1, 0.15) is 5.75 Å². The van der Waals surface area contributed by atoms with Crippen LogP contribution in [0.5, 0.6) is 5.75 Å². The van der Waals surface area contributed by atoms with E-state index >= 15 is 0 Å². The number of methoxy groups -OCH3 is 1. The van der Waals surface area contributed by atoms with Crippen molar-refractivity contribution in [2.45, 2.75) is 46.2 Å². The number of sulfonamides is 1. The molecule has 0 aliphatic heterocycles. The Labute approximate surface area is 229 Å². The van der Waals surface area contributed by atoms with Crippen molar-refractivity contribution in [1.29, 1.82) is 0 Å². The van der Waals surface area contributed by atoms with E-state index < -0.39 is 10.0 Å². The summed E-state index contributed by atoms with van der Waals surface area (Å²) in [4.78, 5) is 13.0. The Kier molecular flexibility index (Phi) is 9.16. The van der Waals surface area contributed by atoms with Gasteiger partial charge in [-0.3, -0.25) is 9.10 Å². The maximum Gasteiger partial charge on any atom is 0.251 e. The molecule has 0 bridgehead atoms. The van der Waals surface area contributed by atoms with Crippen LogP contribution in [0.15, 0.2) is 54.6 Å². The van der Waals surface area contributed by atoms with Crippen LogP contribution < -0.4 is 14.4 Å². The Hall–Kier alpha value is -2.74. The van der Waals surface area contributed by atoms with E-state index in [0.717, 1.165) is 28.7 Å². The SMILES string of the molecule is COc1cc(C)c(C(C)NC(=O)c2ccc(CN(c3cc(Cl)cc(Cl)c3)S(C)(=O)=O)cc2)cc1C(C)C. The molecular formula is C28H32Cl2N2O4S. The van der Waals surface area contributed by atoms with E-state index in [1.165, 1.54) is 4.31 Å². The van der Waals surface area contributed by atoms with Crippen molar-refractivity contribution < 1.29 is 17.9 Å². The van der Waals surface area contributed by atoms with Gasteiger partial charge in [0.25, 0.3) is 5.91 Å². The lowest BCUT2D eigenvalue weighted by atomic mass is 9.93. The fourth-order valence-electron chi connectivity index (χ4n) is 4.18. The van der Waals surface area contributed by atoms with E-state index in [4.69, 9.17) is 27.9 Å². The van der Waals surface area contributed by atoms with Gasteiger partial charge in [-0.25, -0.2) is 8.42 Å². The normalized spacial score (nSPS) is 12.4. The summed E-state index contributed by atoms with van der Waals surface area (Å²) >= 11 is 12.2. The average molecular weight is 564 g/mol. The number of nitrogens with zero attached hydrogens (tertiary/aromatic N) is 1. The van der Waals surface area contributed by atoms with Crippen molar-refractivity contribution in [2.75, 3.05) is 17.7 Å². The Bertz CT molecular complexity index is 1370. The van der Waals surface area contributed by atoms with Gasteiger partial charge in [0.15, 0.2) is 0 Å². The van der Waals surface area contributed by atoms with Crippen molar-refractivity contribution in [2.24, 2.45) is 0 Å². The van der Waals surface area contributed by atoms with Gasteiger partial charge in [-0.05, 0) is 84.5 Å². The van der Waals surface area contributed by atoms with E-state index in [9.17, 15) is 13.2 Å². The number of rotatable bonds is 9. The second-order valence-electron chi connectivity index (χ2n) is 9.39. The minimum atomic E-state index is -3.61. The van der Waals surface area contributed by atoms with E-state index in [1.54, 1.807) is 49.6 Å². The third-order valence-electron chi connectivity index (χ3n) is 6.13. The first-order valence-electron chi connectivity index (χ1n) is 11.8. The standard InChI is InChI=1S/C28H32Cl2N2O4S/c1-17(2)25-15-26(18(3)11-27(25)36-5)19(4)31-28(33)21-9-7-20(8-10-21)16-32(37(6,34)35)24-13-22(29)12-23(30)14-24/h7-15,17,19H,16H2,1-6H3,(H,31,33). The van der Waals surface area contributed by atoms with E-state index in [-0.39, 0.29) is 24.4 Å². The molecule has 1 atom stereocenters. The van der Waals surface area contributed by atoms with Crippen LogP contribution in [0.4, 0.5) is 5.69 Å². The van der Waals surface area contributed by atoms with E-state index in [2.05, 4.69) is 25.2 Å². The third-order valence-corrected chi connectivity index (χ3v) is 7.71. The number of amides is 1. The molecule has 3 rings (SSSR count). The quantitative estimate of drug-likeness (QED) is 0.308. The van der Waals surface area contributed by atoms with Gasteiger partial charge in [-0.15, -0.1) is 0 Å². The summed E-state index contributed by atoms with van der Waals surface area (Å²) in [6, 6.07) is 15.3. The lowest BCUT2D eigenvalue weighted by Crippen LogP contribution is -2.29. The molecule has 0 spiro atoms. The molecule has 0 aliphatic carbocycles. The zero-order valence-corrected chi connectivity index (χ0v) is 24.1. The van der Waals surface area contributed by atoms with Crippen LogP contribution in [0.2, 0.25) is 10.0 Å². The van der Waals surface area contributed by atoms with Crippen LogP contribution in [-0.4, -0.2) is 27.7 Å². The Balaban J connectivity index is 1.78. The van der Waals surface area contributed by atoms with Gasteiger partial charge in [-0.1, -0.05) is 49.2 Å². The molecule has 3 aromatic rings. The molecule has 9 heteroatoms. The summed E-state index contributed by atoms with van der Waals surface area (Å²) in [5.74, 6) is 0.898. The molecule has 1 unspecified atom stereocenters. The highest BCUT2D eigenvalue weighted by Gasteiger charge is 2.20. The van der Waals surface area contributed by atoms with E-state index in [1.807, 2.05) is 19.9 Å². The highest BCUT2D eigenvalue weighted by atomic mass is 35.5. The van der Waals surface area contributed by atoms with Gasteiger partial charge in [0, 0.05) is 15.6 Å². The van der Waals surface area contributed by atoms with Gasteiger partial charge in [0.2, 0.25) is 10.0 Å². The molecule has 0 heterocycles. The number of carbonyl (C=O) groups is 1. The van der Waals surface area contributed by atoms with Crippen molar-refractivity contribution in [3.8, 4) is 5.75 Å². The number of hydrogen-bond acceptors (Lipinski definition) is 4. The van der Waals surface area contributed by atoms with Crippen molar-refractivity contribution in [3.05, 3.63) is 92.5 Å². The molecule has 0 fully saturated rings. The maximum atomic E-state index is 13.0. The van der Waals surface area contributed by atoms with Crippen molar-refractivity contribution in [3.63, 3.8) is 0 Å². The number of halogens is 2. The highest BCUT2D eigenvalue weighted by molar-refractivity contribution is 7.92. The molecule has 6 nitrogen and oxygen atoms in total. The molecule has 37 heavy (non-hydrogen) atoms. The lowest BCUT2D eigenvalue weighted by molar-refractivity contribution is 0.0939. The average Bonchev–Trinajstić information content (AvgIpc) is 2.80. The van der Waals surface area contributed by atoms with Crippen molar-refractivity contribution in [1.82, 2.24) is 5.32 Å². The summed E-state index contributed by atoms with van der Waals surface area (Å²) in [6.07, 6.45) is 1.12. The van der Waals surface area contributed by atoms with Crippen LogP contribution in [0, 0.1) is 6.92 Å². The van der Waals surface area contributed by atoms with Crippen LogP contribution in [0.3, 0.4) is 0 Å². The second-order valence-corrected chi connectivity index (χ2v) is 12.2. The number of nitrogens with one attached hydrogen (secondary N) is 1. The zero-order valence-electron chi connectivity index (χ0n) is 21.8. The first-order valence-corrected chi connectivity index (χ1v) is 14.4. The molecule has 0 saturated carbocycles. The summed E-state index contributed by atoms with van der Waals surface area (Å²) < 4.78 is 31.7. The number of aryl methyl sites for hydroxylation is 1. The molecule has 1 N–H and O–H groups in total. The minimum Gasteiger partial charge on any atom is -0.496 e. The topological polar surface area (TPSA) is 75.7 Å². The largest absolute Gasteiger partial charge is 0.496 e. The number of benzene rings is 3. The van der Waals surface area contributed by atoms with Crippen LogP contribution in [0.1, 0.15) is 65.3 Å². The number of ether oxygens (including phenoxy) is 1. The lowest BCUT2D eigenvalue weighted by Gasteiger charge is -2.23. The fourth-order valence-corrected chi connectivity index (χ4v) is 5.57. The summed E-state index contributed by atoms with van der Waals surface area (Å²) in [7, 11) is -1.95. The van der Waals surface area contributed by atoms with Crippen LogP contribution in [0.25, 0.3) is 0 Å². The van der Waals surface area contributed by atoms with E-state index in [0.29, 0.717) is 26.9 Å². The second kappa shape index (κ2) is 11.8. The third kappa shape index (κ3) is 7.18. The van der Waals surface area contributed by atoms with Crippen LogP contribution >= 0.6 is 23.2 Å². The molecule has 0 saturated heterocycles. The predicted molar refractivity (Wildman–Crippen MR) is 152 cm³/mol. The Morgan fingerprint density at radius 3 is 2.08 bits per heavy atom. The van der Waals surface area contributed by atoms with Gasteiger partial charge >= 0.3 is 0 Å². The minimum absolute atomic E-state index is 0.0663. The Morgan fingerprint density at radius 1 is 0.973 bits per heavy atom. The molecule has 198 valence electrons. The van der Waals surface area contributed by atoms with Crippen LogP contribution in [-0.2, 0) is 16.6 Å². The maximum absolute atomic E-state index is 13.0. The molecule has 0 aliphatic rings. The van der Waals surface area contributed by atoms with Gasteiger partial charge in [0.05, 0.1) is 31.6 Å². The first kappa shape index (κ1) is 28.8. The summed E-state index contributed by atoms with van der Waals surface area (Å²) in [5, 5.41) is 3.74. The molecular weight excluding hydrogens is 531 g/mol. The molecule has 1 amide bonds. The monoisotopic (exact) mass is 562 g/mol. The summed E-state index contributed by atoms with van der Waals surface area (Å²) in [5.41, 5.74) is 4.70. The highest BCUT2D eigenvalue weighted by Crippen LogP contribution is 2.32. The molecule has 0 aromatic heterocycles. The summed E-state index contributed by atoms with van der Waals surface area (Å²) in [6.45, 7) is 8.23. The van der Waals surface area contributed by atoms with Gasteiger partial charge < -0.3 is 10.1 Å². The first-order chi connectivity index (χ1) is 17.3.